The van der Waals surface area contributed by atoms with E-state index in [4.69, 9.17) is 32.8 Å². The number of hydrogen-bond donors (Lipinski definition) is 1. The molecule has 0 radical (unpaired) electrons. The Hall–Kier alpha value is -1.59. The molecule has 0 amide bonds. The molecule has 0 aliphatic heterocycles. The van der Waals surface area contributed by atoms with Gasteiger partial charge in [-0.1, -0.05) is 42.2 Å². The van der Waals surface area contributed by atoms with Gasteiger partial charge in [0, 0.05) is 11.5 Å². The number of aromatic nitrogens is 2. The Balaban J connectivity index is 2.28. The maximum absolute atomic E-state index is 11.0. The van der Waals surface area contributed by atoms with Gasteiger partial charge in [-0.3, -0.25) is 4.79 Å². The summed E-state index contributed by atoms with van der Waals surface area (Å²) in [6.45, 7) is 3.32. The Labute approximate surface area is 125 Å². The summed E-state index contributed by atoms with van der Waals surface area (Å²) in [4.78, 5) is 15.2. The molecule has 7 heteroatoms. The van der Waals surface area contributed by atoms with Gasteiger partial charge in [0.2, 0.25) is 11.7 Å². The molecule has 0 saturated carbocycles. The summed E-state index contributed by atoms with van der Waals surface area (Å²) in [5, 5.41) is 13.6. The van der Waals surface area contributed by atoms with E-state index in [0.717, 1.165) is 0 Å². The van der Waals surface area contributed by atoms with E-state index in [-0.39, 0.29) is 11.8 Å². The number of hydrogen-bond acceptors (Lipinski definition) is 4. The molecule has 106 valence electrons. The number of carboxylic acid groups (broad SMARTS) is 1. The highest BCUT2D eigenvalue weighted by Crippen LogP contribution is 2.29. The van der Waals surface area contributed by atoms with Crippen LogP contribution >= 0.6 is 23.2 Å². The maximum Gasteiger partial charge on any atom is 0.307 e. The van der Waals surface area contributed by atoms with Gasteiger partial charge in [0.1, 0.15) is 0 Å². The predicted molar refractivity (Wildman–Crippen MR) is 75.0 cm³/mol. The normalized spacial score (nSPS) is 14.0. The fourth-order valence-electron chi connectivity index (χ4n) is 1.60. The second-order valence-corrected chi connectivity index (χ2v) is 5.32. The average Bonchev–Trinajstić information content (AvgIpc) is 2.89. The summed E-state index contributed by atoms with van der Waals surface area (Å²) in [5.41, 5.74) is 0.657. The summed E-state index contributed by atoms with van der Waals surface area (Å²) in [6.07, 6.45) is 0. The Morgan fingerprint density at radius 3 is 2.60 bits per heavy atom. The van der Waals surface area contributed by atoms with Crippen molar-refractivity contribution in [1.82, 2.24) is 10.1 Å². The number of rotatable bonds is 4. The van der Waals surface area contributed by atoms with Crippen LogP contribution in [-0.4, -0.2) is 21.2 Å². The lowest BCUT2D eigenvalue weighted by Gasteiger charge is -2.10. The van der Waals surface area contributed by atoms with Crippen LogP contribution in [0.3, 0.4) is 0 Å². The summed E-state index contributed by atoms with van der Waals surface area (Å²) in [6, 6.07) is 4.98. The first-order valence-electron chi connectivity index (χ1n) is 5.92. The minimum absolute atomic E-state index is 0.279. The maximum atomic E-state index is 11.0. The number of aliphatic carboxylic acids is 1. The van der Waals surface area contributed by atoms with Crippen molar-refractivity contribution in [1.29, 1.82) is 0 Å². The molecule has 0 aliphatic rings. The molecule has 0 saturated heterocycles. The van der Waals surface area contributed by atoms with Crippen LogP contribution in [0.4, 0.5) is 0 Å². The van der Waals surface area contributed by atoms with E-state index in [1.165, 1.54) is 0 Å². The molecule has 0 bridgehead atoms. The Kier molecular flexibility index (Phi) is 4.30. The minimum atomic E-state index is -0.910. The second-order valence-electron chi connectivity index (χ2n) is 4.50. The van der Waals surface area contributed by atoms with Gasteiger partial charge in [-0.2, -0.15) is 4.98 Å². The van der Waals surface area contributed by atoms with E-state index in [1.807, 2.05) is 0 Å². The van der Waals surface area contributed by atoms with Crippen LogP contribution < -0.4 is 0 Å². The molecule has 1 N–H and O–H groups in total. The van der Waals surface area contributed by atoms with Gasteiger partial charge in [-0.25, -0.2) is 0 Å². The molecule has 2 rings (SSSR count). The molecule has 1 aromatic carbocycles. The van der Waals surface area contributed by atoms with Crippen molar-refractivity contribution in [3.8, 4) is 11.4 Å². The van der Waals surface area contributed by atoms with Crippen LogP contribution in [0, 0.1) is 5.92 Å². The van der Waals surface area contributed by atoms with E-state index in [0.29, 0.717) is 21.4 Å². The zero-order chi connectivity index (χ0) is 14.9. The van der Waals surface area contributed by atoms with Gasteiger partial charge in [0.15, 0.2) is 0 Å². The number of carbonyl (C=O) groups is 1. The molecule has 0 spiro atoms. The first-order valence-corrected chi connectivity index (χ1v) is 6.67. The molecular formula is C13H12Cl2N2O3. The van der Waals surface area contributed by atoms with Gasteiger partial charge in [-0.15, -0.1) is 0 Å². The first-order chi connectivity index (χ1) is 9.40. The summed E-state index contributed by atoms with van der Waals surface area (Å²) in [5.74, 6) is -1.27. The standard InChI is InChI=1S/C13H12Cl2N2O3/c1-6(7(2)13(18)19)12-16-11(17-20-12)8-3-4-9(14)10(15)5-8/h3-7H,1-2H3,(H,18,19). The molecule has 1 heterocycles. The number of nitrogens with zero attached hydrogens (tertiary/aromatic N) is 2. The van der Waals surface area contributed by atoms with Gasteiger partial charge in [0.05, 0.1) is 16.0 Å². The smallest absolute Gasteiger partial charge is 0.307 e. The summed E-state index contributed by atoms with van der Waals surface area (Å²) >= 11 is 11.8. The topological polar surface area (TPSA) is 76.2 Å². The molecule has 1 aromatic heterocycles. The lowest BCUT2D eigenvalue weighted by Crippen LogP contribution is -2.16. The molecule has 2 aromatic rings. The van der Waals surface area contributed by atoms with Crippen molar-refractivity contribution in [2.24, 2.45) is 5.92 Å². The minimum Gasteiger partial charge on any atom is -0.481 e. The van der Waals surface area contributed by atoms with Crippen molar-refractivity contribution in [2.75, 3.05) is 0 Å². The van der Waals surface area contributed by atoms with Gasteiger partial charge >= 0.3 is 5.97 Å². The van der Waals surface area contributed by atoms with E-state index in [1.54, 1.807) is 32.0 Å². The quantitative estimate of drug-likeness (QED) is 0.927. The Morgan fingerprint density at radius 2 is 2.00 bits per heavy atom. The third kappa shape index (κ3) is 2.94. The number of halogens is 2. The molecule has 0 aliphatic carbocycles. The molecular weight excluding hydrogens is 303 g/mol. The SMILES string of the molecule is CC(C(=O)O)C(C)c1nc(-c2ccc(Cl)c(Cl)c2)no1. The van der Waals surface area contributed by atoms with Crippen molar-refractivity contribution in [2.45, 2.75) is 19.8 Å². The molecule has 20 heavy (non-hydrogen) atoms. The van der Waals surface area contributed by atoms with E-state index >= 15 is 0 Å². The highest BCUT2D eigenvalue weighted by molar-refractivity contribution is 6.42. The van der Waals surface area contributed by atoms with Crippen LogP contribution in [0.1, 0.15) is 25.7 Å². The third-order valence-corrected chi connectivity index (χ3v) is 3.89. The zero-order valence-electron chi connectivity index (χ0n) is 10.8. The largest absolute Gasteiger partial charge is 0.481 e. The van der Waals surface area contributed by atoms with Crippen LogP contribution in [0.15, 0.2) is 22.7 Å². The molecule has 2 unspecified atom stereocenters. The van der Waals surface area contributed by atoms with Crippen LogP contribution in [-0.2, 0) is 4.79 Å². The predicted octanol–water partition coefficient (Wildman–Crippen LogP) is 3.87. The van der Waals surface area contributed by atoms with Crippen molar-refractivity contribution in [3.05, 3.63) is 34.1 Å². The third-order valence-electron chi connectivity index (χ3n) is 3.15. The second kappa shape index (κ2) is 5.81. The Bertz CT molecular complexity index is 642. The monoisotopic (exact) mass is 314 g/mol. The molecule has 0 fully saturated rings. The molecule has 5 nitrogen and oxygen atoms in total. The van der Waals surface area contributed by atoms with Crippen LogP contribution in [0.25, 0.3) is 11.4 Å². The van der Waals surface area contributed by atoms with E-state index in [2.05, 4.69) is 10.1 Å². The first kappa shape index (κ1) is 14.8. The van der Waals surface area contributed by atoms with Crippen LogP contribution in [0.5, 0.6) is 0 Å². The number of carboxylic acids is 1. The fraction of sp³-hybridized carbons (Fsp3) is 0.308. The van der Waals surface area contributed by atoms with Crippen molar-refractivity contribution < 1.29 is 14.4 Å². The Morgan fingerprint density at radius 1 is 1.30 bits per heavy atom. The summed E-state index contributed by atoms with van der Waals surface area (Å²) < 4.78 is 5.12. The zero-order valence-corrected chi connectivity index (χ0v) is 12.3. The van der Waals surface area contributed by atoms with Gasteiger partial charge in [0.25, 0.3) is 0 Å². The highest BCUT2D eigenvalue weighted by atomic mass is 35.5. The lowest BCUT2D eigenvalue weighted by molar-refractivity contribution is -0.141. The van der Waals surface area contributed by atoms with E-state index in [9.17, 15) is 4.79 Å². The van der Waals surface area contributed by atoms with Crippen LogP contribution in [0.2, 0.25) is 10.0 Å². The average molecular weight is 315 g/mol. The van der Waals surface area contributed by atoms with Crippen molar-refractivity contribution >= 4 is 29.2 Å². The van der Waals surface area contributed by atoms with Gasteiger partial charge in [-0.05, 0) is 18.2 Å². The highest BCUT2D eigenvalue weighted by Gasteiger charge is 2.26. The van der Waals surface area contributed by atoms with Gasteiger partial charge < -0.3 is 9.63 Å². The summed E-state index contributed by atoms with van der Waals surface area (Å²) in [7, 11) is 0. The fourth-order valence-corrected chi connectivity index (χ4v) is 1.90. The number of benzene rings is 1. The lowest BCUT2D eigenvalue weighted by atomic mass is 9.96. The van der Waals surface area contributed by atoms with E-state index < -0.39 is 11.9 Å². The van der Waals surface area contributed by atoms with Crippen molar-refractivity contribution in [3.63, 3.8) is 0 Å². The molecule has 2 atom stereocenters.